The van der Waals surface area contributed by atoms with Gasteiger partial charge in [0.15, 0.2) is 11.0 Å². The molecule has 9 heteroatoms. The zero-order valence-corrected chi connectivity index (χ0v) is 19.1. The molecule has 166 valence electrons. The van der Waals surface area contributed by atoms with Crippen molar-refractivity contribution in [2.75, 3.05) is 5.75 Å². The summed E-state index contributed by atoms with van der Waals surface area (Å²) in [5, 5.41) is 13.9. The van der Waals surface area contributed by atoms with Crippen molar-refractivity contribution in [3.63, 3.8) is 0 Å². The minimum absolute atomic E-state index is 0.0840. The van der Waals surface area contributed by atoms with Crippen LogP contribution in [0.3, 0.4) is 0 Å². The Morgan fingerprint density at radius 3 is 2.42 bits per heavy atom. The number of thioether (sulfide) groups is 1. The van der Waals surface area contributed by atoms with Crippen LogP contribution in [0.25, 0.3) is 17.1 Å². The van der Waals surface area contributed by atoms with Crippen molar-refractivity contribution < 1.29 is 9.18 Å². The first-order chi connectivity index (χ1) is 16.0. The van der Waals surface area contributed by atoms with Crippen LogP contribution in [0.4, 0.5) is 4.39 Å². The van der Waals surface area contributed by atoms with Gasteiger partial charge < -0.3 is 0 Å². The third kappa shape index (κ3) is 5.66. The minimum Gasteiger partial charge on any atom is -0.272 e. The number of carbonyl (C=O) groups excluding carboxylic acids is 1. The predicted molar refractivity (Wildman–Crippen MR) is 129 cm³/mol. The third-order valence-corrected chi connectivity index (χ3v) is 5.87. The third-order valence-electron chi connectivity index (χ3n) is 4.69. The van der Waals surface area contributed by atoms with Crippen LogP contribution in [-0.2, 0) is 4.79 Å². The van der Waals surface area contributed by atoms with Crippen LogP contribution in [0.5, 0.6) is 0 Å². The molecule has 0 aliphatic rings. The lowest BCUT2D eigenvalue weighted by atomic mass is 10.1. The Morgan fingerprint density at radius 1 is 1.03 bits per heavy atom. The Hall–Kier alpha value is -3.49. The lowest BCUT2D eigenvalue weighted by molar-refractivity contribution is -0.118. The molecule has 0 radical (unpaired) electrons. The Labute approximate surface area is 199 Å². The second kappa shape index (κ2) is 10.4. The van der Waals surface area contributed by atoms with E-state index in [1.807, 2.05) is 47.0 Å². The van der Waals surface area contributed by atoms with Gasteiger partial charge in [-0.1, -0.05) is 65.8 Å². The molecule has 4 aromatic rings. The first-order valence-corrected chi connectivity index (χ1v) is 11.4. The summed E-state index contributed by atoms with van der Waals surface area (Å²) in [7, 11) is 0. The van der Waals surface area contributed by atoms with Gasteiger partial charge in [-0.05, 0) is 48.9 Å². The molecule has 1 N–H and O–H groups in total. The summed E-state index contributed by atoms with van der Waals surface area (Å²) in [5.74, 6) is 0.117. The molecule has 1 amide bonds. The van der Waals surface area contributed by atoms with E-state index < -0.39 is 0 Å². The van der Waals surface area contributed by atoms with E-state index in [4.69, 9.17) is 11.6 Å². The van der Waals surface area contributed by atoms with Gasteiger partial charge in [-0.2, -0.15) is 5.10 Å². The summed E-state index contributed by atoms with van der Waals surface area (Å²) in [6.07, 6.45) is 0. The molecule has 0 saturated carbocycles. The lowest BCUT2D eigenvalue weighted by Crippen LogP contribution is -2.21. The summed E-state index contributed by atoms with van der Waals surface area (Å²) in [4.78, 5) is 12.4. The fraction of sp³-hybridized carbons (Fsp3) is 0.0833. The quantitative estimate of drug-likeness (QED) is 0.220. The first kappa shape index (κ1) is 22.7. The van der Waals surface area contributed by atoms with Crippen LogP contribution in [0, 0.1) is 5.82 Å². The SMILES string of the molecule is C/C(=N\NC(=O)CSc1nnc(-c2ccccc2)n1-c1ccc(Cl)cc1)c1ccc(F)cc1. The van der Waals surface area contributed by atoms with E-state index >= 15 is 0 Å². The largest absolute Gasteiger partial charge is 0.272 e. The average molecular weight is 480 g/mol. The Morgan fingerprint density at radius 2 is 1.73 bits per heavy atom. The normalized spacial score (nSPS) is 11.4. The zero-order valence-electron chi connectivity index (χ0n) is 17.6. The van der Waals surface area contributed by atoms with Gasteiger partial charge in [-0.15, -0.1) is 10.2 Å². The lowest BCUT2D eigenvalue weighted by Gasteiger charge is -2.10. The molecule has 6 nitrogen and oxygen atoms in total. The Kier molecular flexibility index (Phi) is 7.16. The minimum atomic E-state index is -0.327. The smallest absolute Gasteiger partial charge is 0.250 e. The Balaban J connectivity index is 1.51. The molecule has 0 fully saturated rings. The van der Waals surface area contributed by atoms with Crippen LogP contribution < -0.4 is 5.43 Å². The number of hydrogen-bond acceptors (Lipinski definition) is 5. The summed E-state index contributed by atoms with van der Waals surface area (Å²) in [6.45, 7) is 1.74. The van der Waals surface area contributed by atoms with Crippen molar-refractivity contribution in [2.24, 2.45) is 5.10 Å². The molecular weight excluding hydrogens is 461 g/mol. The molecular formula is C24H19ClFN5OS. The molecule has 4 rings (SSSR count). The van der Waals surface area contributed by atoms with E-state index in [0.717, 1.165) is 16.8 Å². The van der Waals surface area contributed by atoms with Gasteiger partial charge in [-0.25, -0.2) is 9.82 Å². The van der Waals surface area contributed by atoms with E-state index in [0.29, 0.717) is 21.7 Å². The van der Waals surface area contributed by atoms with E-state index in [1.165, 1.54) is 23.9 Å². The van der Waals surface area contributed by atoms with Crippen molar-refractivity contribution >= 4 is 35.0 Å². The summed E-state index contributed by atoms with van der Waals surface area (Å²) < 4.78 is 15.0. The summed E-state index contributed by atoms with van der Waals surface area (Å²) >= 11 is 7.30. The standard InChI is InChI=1S/C24H19ClFN5OS/c1-16(17-7-11-20(26)12-8-17)27-28-22(32)15-33-24-30-29-23(18-5-3-2-4-6-18)31(24)21-13-9-19(25)10-14-21/h2-14H,15H2,1H3,(H,28,32)/b27-16+. The van der Waals surface area contributed by atoms with Crippen LogP contribution in [0.1, 0.15) is 12.5 Å². The van der Waals surface area contributed by atoms with E-state index in [-0.39, 0.29) is 17.5 Å². The van der Waals surface area contributed by atoms with Gasteiger partial charge in [0.2, 0.25) is 0 Å². The summed E-state index contributed by atoms with van der Waals surface area (Å²) in [6, 6.07) is 22.9. The number of halogens is 2. The molecule has 0 spiro atoms. The molecule has 0 atom stereocenters. The highest BCUT2D eigenvalue weighted by Crippen LogP contribution is 2.28. The number of hydrogen-bond donors (Lipinski definition) is 1. The summed E-state index contributed by atoms with van der Waals surface area (Å²) in [5.41, 5.74) is 5.55. The van der Waals surface area contributed by atoms with Gasteiger partial charge in [0.05, 0.1) is 11.5 Å². The zero-order chi connectivity index (χ0) is 23.2. The maximum atomic E-state index is 13.1. The van der Waals surface area contributed by atoms with Crippen molar-refractivity contribution in [2.45, 2.75) is 12.1 Å². The van der Waals surface area contributed by atoms with Crippen LogP contribution in [0.2, 0.25) is 5.02 Å². The maximum absolute atomic E-state index is 13.1. The van der Waals surface area contributed by atoms with Gasteiger partial charge in [0, 0.05) is 16.3 Å². The van der Waals surface area contributed by atoms with Crippen molar-refractivity contribution in [1.29, 1.82) is 0 Å². The molecule has 33 heavy (non-hydrogen) atoms. The van der Waals surface area contributed by atoms with Crippen molar-refractivity contribution in [1.82, 2.24) is 20.2 Å². The number of rotatable bonds is 7. The number of aromatic nitrogens is 3. The molecule has 1 aromatic heterocycles. The second-order valence-corrected chi connectivity index (χ2v) is 8.39. The van der Waals surface area contributed by atoms with E-state index in [2.05, 4.69) is 20.7 Å². The molecule has 1 heterocycles. The van der Waals surface area contributed by atoms with Gasteiger partial charge in [0.25, 0.3) is 5.91 Å². The monoisotopic (exact) mass is 479 g/mol. The second-order valence-electron chi connectivity index (χ2n) is 7.01. The number of amides is 1. The van der Waals surface area contributed by atoms with Crippen molar-refractivity contribution in [3.8, 4) is 17.1 Å². The molecule has 0 bridgehead atoms. The molecule has 0 unspecified atom stereocenters. The fourth-order valence-electron chi connectivity index (χ4n) is 3.02. The topological polar surface area (TPSA) is 72.2 Å². The van der Waals surface area contributed by atoms with Gasteiger partial charge in [0.1, 0.15) is 5.82 Å². The van der Waals surface area contributed by atoms with Crippen LogP contribution in [0.15, 0.2) is 89.1 Å². The van der Waals surface area contributed by atoms with E-state index in [1.54, 1.807) is 31.2 Å². The van der Waals surface area contributed by atoms with Crippen LogP contribution >= 0.6 is 23.4 Å². The van der Waals surface area contributed by atoms with Gasteiger partial charge in [-0.3, -0.25) is 9.36 Å². The molecule has 3 aromatic carbocycles. The number of nitrogens with one attached hydrogen (secondary N) is 1. The highest BCUT2D eigenvalue weighted by atomic mass is 35.5. The number of carbonyl (C=O) groups is 1. The van der Waals surface area contributed by atoms with Gasteiger partial charge >= 0.3 is 0 Å². The first-order valence-electron chi connectivity index (χ1n) is 10.00. The number of benzene rings is 3. The Bertz CT molecular complexity index is 1270. The van der Waals surface area contributed by atoms with Crippen LogP contribution in [-0.4, -0.2) is 32.1 Å². The molecule has 0 aliphatic heterocycles. The molecule has 0 saturated heterocycles. The highest BCUT2D eigenvalue weighted by Gasteiger charge is 2.17. The van der Waals surface area contributed by atoms with Crippen molar-refractivity contribution in [3.05, 3.63) is 95.3 Å². The molecule has 0 aliphatic carbocycles. The number of nitrogens with zero attached hydrogens (tertiary/aromatic N) is 4. The maximum Gasteiger partial charge on any atom is 0.250 e. The number of hydrazone groups is 1. The average Bonchev–Trinajstić information content (AvgIpc) is 3.26. The fourth-order valence-corrected chi connectivity index (χ4v) is 3.90. The predicted octanol–water partition coefficient (Wildman–Crippen LogP) is 5.36. The highest BCUT2D eigenvalue weighted by molar-refractivity contribution is 7.99. The van der Waals surface area contributed by atoms with E-state index in [9.17, 15) is 9.18 Å².